The summed E-state index contributed by atoms with van der Waals surface area (Å²) in [6, 6.07) is 8.82. The maximum Gasteiger partial charge on any atom is 0.249 e. The van der Waals surface area contributed by atoms with E-state index in [9.17, 15) is 14.0 Å². The van der Waals surface area contributed by atoms with Gasteiger partial charge in [0.1, 0.15) is 5.82 Å². The number of benzene rings is 2. The van der Waals surface area contributed by atoms with E-state index in [0.29, 0.717) is 3.57 Å². The molecule has 0 heterocycles. The van der Waals surface area contributed by atoms with Crippen LogP contribution in [0.15, 0.2) is 36.4 Å². The molecule has 0 radical (unpaired) electrons. The Morgan fingerprint density at radius 2 is 1.40 bits per heavy atom. The first kappa shape index (κ1) is 14.4. The second kappa shape index (κ2) is 5.58. The smallest absolute Gasteiger partial charge is 0.249 e. The van der Waals surface area contributed by atoms with Gasteiger partial charge in [-0.2, -0.15) is 0 Å². The molecule has 2 amide bonds. The van der Waals surface area contributed by atoms with Crippen LogP contribution >= 0.6 is 22.6 Å². The van der Waals surface area contributed by atoms with Gasteiger partial charge in [0, 0.05) is 25.8 Å². The van der Waals surface area contributed by atoms with Crippen molar-refractivity contribution >= 4 is 34.4 Å². The summed E-state index contributed by atoms with van der Waals surface area (Å²) in [5.74, 6) is -2.04. The van der Waals surface area contributed by atoms with Crippen LogP contribution in [-0.2, 0) is 0 Å². The van der Waals surface area contributed by atoms with Gasteiger partial charge in [0.05, 0.1) is 0 Å². The van der Waals surface area contributed by atoms with Crippen LogP contribution < -0.4 is 11.5 Å². The molecule has 0 aliphatic rings. The van der Waals surface area contributed by atoms with Crippen molar-refractivity contribution in [1.29, 1.82) is 0 Å². The number of carbonyl (C=O) groups is 2. The molecular formula is C14H10FIN2O2. The number of carbonyl (C=O) groups excluding carboxylic acids is 2. The van der Waals surface area contributed by atoms with Crippen molar-refractivity contribution in [3.8, 4) is 11.1 Å². The molecule has 2 aromatic carbocycles. The Hall–Kier alpha value is -1.96. The van der Waals surface area contributed by atoms with Crippen LogP contribution in [0, 0.1) is 9.39 Å². The SMILES string of the molecule is NC(=O)c1cccc(C(N)=O)c1-c1c(F)cccc1I. The van der Waals surface area contributed by atoms with E-state index in [2.05, 4.69) is 0 Å². The molecule has 0 aliphatic heterocycles. The van der Waals surface area contributed by atoms with Gasteiger partial charge in [-0.1, -0.05) is 12.1 Å². The number of hydrogen-bond acceptors (Lipinski definition) is 2. The van der Waals surface area contributed by atoms with Crippen LogP contribution in [0.5, 0.6) is 0 Å². The topological polar surface area (TPSA) is 86.2 Å². The molecule has 0 bridgehead atoms. The number of nitrogens with two attached hydrogens (primary N) is 2. The number of amides is 2. The molecule has 2 aromatic rings. The molecule has 0 aliphatic carbocycles. The van der Waals surface area contributed by atoms with Crippen molar-refractivity contribution in [2.75, 3.05) is 0 Å². The fourth-order valence-corrected chi connectivity index (χ4v) is 2.70. The van der Waals surface area contributed by atoms with Crippen LogP contribution in [-0.4, -0.2) is 11.8 Å². The fraction of sp³-hybridized carbons (Fsp3) is 0. The van der Waals surface area contributed by atoms with Crippen LogP contribution in [0.25, 0.3) is 11.1 Å². The highest BCUT2D eigenvalue weighted by molar-refractivity contribution is 14.1. The van der Waals surface area contributed by atoms with Crippen molar-refractivity contribution in [1.82, 2.24) is 0 Å². The third-order valence-electron chi connectivity index (χ3n) is 2.81. The highest BCUT2D eigenvalue weighted by atomic mass is 127. The minimum atomic E-state index is -0.748. The van der Waals surface area contributed by atoms with Crippen LogP contribution in [0.3, 0.4) is 0 Å². The molecule has 0 aromatic heterocycles. The van der Waals surface area contributed by atoms with Gasteiger partial charge in [-0.25, -0.2) is 4.39 Å². The molecule has 0 spiro atoms. The quantitative estimate of drug-likeness (QED) is 0.796. The van der Waals surface area contributed by atoms with Gasteiger partial charge in [-0.15, -0.1) is 0 Å². The predicted octanol–water partition coefficient (Wildman–Crippen LogP) is 2.30. The van der Waals surface area contributed by atoms with Gasteiger partial charge in [-0.05, 0) is 46.9 Å². The Kier molecular flexibility index (Phi) is 4.03. The van der Waals surface area contributed by atoms with Crippen molar-refractivity contribution in [3.05, 3.63) is 56.9 Å². The number of primary amides is 2. The maximum absolute atomic E-state index is 14.1. The second-order valence-corrected chi connectivity index (χ2v) is 5.22. The molecule has 0 saturated heterocycles. The lowest BCUT2D eigenvalue weighted by Crippen LogP contribution is -2.18. The molecule has 0 unspecified atom stereocenters. The zero-order valence-electron chi connectivity index (χ0n) is 10.2. The first-order chi connectivity index (χ1) is 9.43. The monoisotopic (exact) mass is 384 g/mol. The first-order valence-electron chi connectivity index (χ1n) is 5.60. The summed E-state index contributed by atoms with van der Waals surface area (Å²) in [7, 11) is 0. The Morgan fingerprint density at radius 3 is 1.85 bits per heavy atom. The lowest BCUT2D eigenvalue weighted by Gasteiger charge is -2.13. The Morgan fingerprint density at radius 1 is 0.900 bits per heavy atom. The van der Waals surface area contributed by atoms with Gasteiger partial charge >= 0.3 is 0 Å². The van der Waals surface area contributed by atoms with Crippen molar-refractivity contribution in [2.24, 2.45) is 11.5 Å². The summed E-state index contributed by atoms with van der Waals surface area (Å²) in [6.45, 7) is 0. The highest BCUT2D eigenvalue weighted by Gasteiger charge is 2.21. The number of hydrogen-bond donors (Lipinski definition) is 2. The fourth-order valence-electron chi connectivity index (χ4n) is 1.97. The maximum atomic E-state index is 14.1. The van der Waals surface area contributed by atoms with Crippen molar-refractivity contribution < 1.29 is 14.0 Å². The Balaban J connectivity index is 2.91. The number of rotatable bonds is 3. The summed E-state index contributed by atoms with van der Waals surface area (Å²) in [5.41, 5.74) is 11.0. The summed E-state index contributed by atoms with van der Waals surface area (Å²) >= 11 is 1.93. The molecule has 6 heteroatoms. The average molecular weight is 384 g/mol. The lowest BCUT2D eigenvalue weighted by atomic mass is 9.93. The summed E-state index contributed by atoms with van der Waals surface area (Å²) in [5, 5.41) is 0. The molecule has 2 rings (SSSR count). The number of halogens is 2. The van der Waals surface area contributed by atoms with E-state index in [4.69, 9.17) is 11.5 Å². The van der Waals surface area contributed by atoms with E-state index in [1.165, 1.54) is 30.3 Å². The zero-order chi connectivity index (χ0) is 14.9. The predicted molar refractivity (Wildman–Crippen MR) is 81.6 cm³/mol. The van der Waals surface area contributed by atoms with Gasteiger partial charge in [0.2, 0.25) is 11.8 Å². The van der Waals surface area contributed by atoms with E-state index in [1.807, 2.05) is 22.6 Å². The zero-order valence-corrected chi connectivity index (χ0v) is 12.3. The van der Waals surface area contributed by atoms with E-state index in [0.717, 1.165) is 0 Å². The molecule has 4 nitrogen and oxygen atoms in total. The van der Waals surface area contributed by atoms with Gasteiger partial charge in [-0.3, -0.25) is 9.59 Å². The Labute approximate surface area is 128 Å². The Bertz CT molecular complexity index is 664. The molecule has 0 fully saturated rings. The summed E-state index contributed by atoms with van der Waals surface area (Å²) in [4.78, 5) is 23.1. The second-order valence-electron chi connectivity index (χ2n) is 4.05. The van der Waals surface area contributed by atoms with Crippen molar-refractivity contribution in [2.45, 2.75) is 0 Å². The molecule has 20 heavy (non-hydrogen) atoms. The van der Waals surface area contributed by atoms with Crippen LogP contribution in [0.2, 0.25) is 0 Å². The molecule has 4 N–H and O–H groups in total. The van der Waals surface area contributed by atoms with Crippen LogP contribution in [0.4, 0.5) is 4.39 Å². The van der Waals surface area contributed by atoms with Gasteiger partial charge in [0.15, 0.2) is 0 Å². The molecule has 0 saturated carbocycles. The third-order valence-corrected chi connectivity index (χ3v) is 3.71. The molecular weight excluding hydrogens is 374 g/mol. The minimum absolute atomic E-state index is 0.0596. The molecule has 102 valence electrons. The van der Waals surface area contributed by atoms with Crippen molar-refractivity contribution in [3.63, 3.8) is 0 Å². The standard InChI is InChI=1S/C14H10FIN2O2/c15-9-5-2-6-10(16)12(9)11-7(13(17)19)3-1-4-8(11)14(18)20/h1-6H,(H2,17,19)(H2,18,20). The van der Waals surface area contributed by atoms with Crippen LogP contribution in [0.1, 0.15) is 20.7 Å². The summed E-state index contributed by atoms with van der Waals surface area (Å²) < 4.78 is 14.7. The van der Waals surface area contributed by atoms with E-state index >= 15 is 0 Å². The highest BCUT2D eigenvalue weighted by Crippen LogP contribution is 2.33. The van der Waals surface area contributed by atoms with Gasteiger partial charge in [0.25, 0.3) is 0 Å². The van der Waals surface area contributed by atoms with E-state index in [-0.39, 0.29) is 22.3 Å². The molecule has 0 atom stereocenters. The first-order valence-corrected chi connectivity index (χ1v) is 6.68. The van der Waals surface area contributed by atoms with E-state index < -0.39 is 17.6 Å². The average Bonchev–Trinajstić information content (AvgIpc) is 2.38. The summed E-state index contributed by atoms with van der Waals surface area (Å²) in [6.07, 6.45) is 0. The normalized spacial score (nSPS) is 10.3. The third kappa shape index (κ3) is 2.51. The minimum Gasteiger partial charge on any atom is -0.366 e. The van der Waals surface area contributed by atoms with E-state index in [1.54, 1.807) is 6.07 Å². The van der Waals surface area contributed by atoms with Gasteiger partial charge < -0.3 is 11.5 Å². The lowest BCUT2D eigenvalue weighted by molar-refractivity contribution is 0.0999. The largest absolute Gasteiger partial charge is 0.366 e.